The van der Waals surface area contributed by atoms with Gasteiger partial charge in [0.25, 0.3) is 5.91 Å². The average Bonchev–Trinajstić information content (AvgIpc) is 3.04. The molecular formula is C19H23N3O3. The second-order valence-electron chi connectivity index (χ2n) is 6.12. The topological polar surface area (TPSA) is 74.6 Å². The third-order valence-corrected chi connectivity index (χ3v) is 4.28. The van der Waals surface area contributed by atoms with E-state index in [0.717, 1.165) is 25.1 Å². The quantitative estimate of drug-likeness (QED) is 0.863. The Morgan fingerprint density at radius 2 is 1.96 bits per heavy atom. The fourth-order valence-electron chi connectivity index (χ4n) is 2.97. The van der Waals surface area contributed by atoms with Crippen LogP contribution in [0.2, 0.25) is 0 Å². The highest BCUT2D eigenvalue weighted by molar-refractivity contribution is 5.95. The lowest BCUT2D eigenvalue weighted by Crippen LogP contribution is -2.50. The average molecular weight is 341 g/mol. The standard InChI is InChI=1S/C19H23N3O3/c23-18(17-8-4-13-25-17)21-16(14-15-6-2-1-3-7-15)19(24)22-11-5-9-20-10-12-22/h1-4,6-8,13,16,20H,5,9-12,14H2,(H,21,23). The van der Waals surface area contributed by atoms with Crippen LogP contribution in [-0.2, 0) is 11.2 Å². The largest absolute Gasteiger partial charge is 0.459 e. The van der Waals surface area contributed by atoms with E-state index < -0.39 is 6.04 Å². The van der Waals surface area contributed by atoms with Gasteiger partial charge in [0.15, 0.2) is 5.76 Å². The minimum Gasteiger partial charge on any atom is -0.459 e. The molecule has 0 aliphatic carbocycles. The number of rotatable bonds is 5. The molecule has 0 saturated carbocycles. The van der Waals surface area contributed by atoms with Gasteiger partial charge in [-0.15, -0.1) is 0 Å². The zero-order valence-corrected chi connectivity index (χ0v) is 14.1. The highest BCUT2D eigenvalue weighted by Gasteiger charge is 2.27. The molecule has 1 aromatic heterocycles. The Hall–Kier alpha value is -2.60. The summed E-state index contributed by atoms with van der Waals surface area (Å²) in [5.41, 5.74) is 1.01. The number of furan rings is 1. The van der Waals surface area contributed by atoms with E-state index in [1.54, 1.807) is 12.1 Å². The van der Waals surface area contributed by atoms with Crippen LogP contribution >= 0.6 is 0 Å². The van der Waals surface area contributed by atoms with Crippen LogP contribution in [0.15, 0.2) is 53.1 Å². The summed E-state index contributed by atoms with van der Waals surface area (Å²) in [4.78, 5) is 27.2. The first-order chi connectivity index (χ1) is 12.2. The third-order valence-electron chi connectivity index (χ3n) is 4.28. The van der Waals surface area contributed by atoms with Crippen molar-refractivity contribution in [2.75, 3.05) is 26.2 Å². The number of carbonyl (C=O) groups excluding carboxylic acids is 2. The Morgan fingerprint density at radius 1 is 1.12 bits per heavy atom. The molecule has 1 aliphatic rings. The summed E-state index contributed by atoms with van der Waals surface area (Å²) in [5, 5.41) is 6.13. The lowest BCUT2D eigenvalue weighted by molar-refractivity contribution is -0.133. The summed E-state index contributed by atoms with van der Waals surface area (Å²) in [5.74, 6) is -0.205. The molecule has 2 heterocycles. The van der Waals surface area contributed by atoms with Gasteiger partial charge in [-0.1, -0.05) is 30.3 Å². The zero-order chi connectivity index (χ0) is 17.5. The SMILES string of the molecule is O=C(NC(Cc1ccccc1)C(=O)N1CCCNCC1)c1ccco1. The van der Waals surface area contributed by atoms with Gasteiger partial charge >= 0.3 is 0 Å². The molecule has 0 bridgehead atoms. The molecule has 1 aromatic carbocycles. The minimum absolute atomic E-state index is 0.0486. The first-order valence-electron chi connectivity index (χ1n) is 8.62. The maximum atomic E-state index is 13.0. The van der Waals surface area contributed by atoms with Gasteiger partial charge in [0.1, 0.15) is 6.04 Å². The normalized spacial score (nSPS) is 16.1. The Bertz CT molecular complexity index is 677. The summed E-state index contributed by atoms with van der Waals surface area (Å²) >= 11 is 0. The molecule has 1 unspecified atom stereocenters. The molecule has 1 atom stereocenters. The molecule has 1 saturated heterocycles. The second-order valence-corrected chi connectivity index (χ2v) is 6.12. The molecule has 3 rings (SSSR count). The molecule has 132 valence electrons. The van der Waals surface area contributed by atoms with Crippen LogP contribution in [0.4, 0.5) is 0 Å². The second kappa shape index (κ2) is 8.48. The molecule has 6 heteroatoms. The summed E-state index contributed by atoms with van der Waals surface area (Å²) in [6.45, 7) is 3.04. The first-order valence-corrected chi connectivity index (χ1v) is 8.62. The van der Waals surface area contributed by atoms with Gasteiger partial charge in [-0.3, -0.25) is 9.59 Å². The number of hydrogen-bond donors (Lipinski definition) is 2. The van der Waals surface area contributed by atoms with E-state index >= 15 is 0 Å². The van der Waals surface area contributed by atoms with Gasteiger partial charge in [0, 0.05) is 26.1 Å². The molecule has 1 fully saturated rings. The van der Waals surface area contributed by atoms with Crippen LogP contribution in [0.5, 0.6) is 0 Å². The highest BCUT2D eigenvalue weighted by atomic mass is 16.3. The van der Waals surface area contributed by atoms with Crippen LogP contribution in [-0.4, -0.2) is 48.9 Å². The molecule has 2 aromatic rings. The summed E-state index contributed by atoms with van der Waals surface area (Å²) < 4.78 is 5.14. The zero-order valence-electron chi connectivity index (χ0n) is 14.1. The monoisotopic (exact) mass is 341 g/mol. The summed E-state index contributed by atoms with van der Waals surface area (Å²) in [6.07, 6.45) is 2.81. The third kappa shape index (κ3) is 4.70. The van der Waals surface area contributed by atoms with Crippen LogP contribution in [0.25, 0.3) is 0 Å². The van der Waals surface area contributed by atoms with Crippen molar-refractivity contribution in [3.8, 4) is 0 Å². The molecule has 25 heavy (non-hydrogen) atoms. The smallest absolute Gasteiger partial charge is 0.287 e. The lowest BCUT2D eigenvalue weighted by atomic mass is 10.0. The van der Waals surface area contributed by atoms with E-state index in [1.807, 2.05) is 35.2 Å². The number of benzene rings is 1. The van der Waals surface area contributed by atoms with Gasteiger partial charge in [0.2, 0.25) is 5.91 Å². The van der Waals surface area contributed by atoms with E-state index in [0.29, 0.717) is 19.5 Å². The predicted octanol–water partition coefficient (Wildman–Crippen LogP) is 1.44. The van der Waals surface area contributed by atoms with Crippen LogP contribution in [0, 0.1) is 0 Å². The number of nitrogens with zero attached hydrogens (tertiary/aromatic N) is 1. The van der Waals surface area contributed by atoms with Crippen molar-refractivity contribution in [3.63, 3.8) is 0 Å². The Labute approximate surface area is 147 Å². The summed E-state index contributed by atoms with van der Waals surface area (Å²) in [7, 11) is 0. The number of carbonyl (C=O) groups is 2. The van der Waals surface area contributed by atoms with E-state index in [4.69, 9.17) is 4.42 Å². The van der Waals surface area contributed by atoms with Crippen LogP contribution in [0.1, 0.15) is 22.5 Å². The van der Waals surface area contributed by atoms with Gasteiger partial charge < -0.3 is 20.0 Å². The van der Waals surface area contributed by atoms with E-state index in [1.165, 1.54) is 6.26 Å². The molecule has 1 aliphatic heterocycles. The minimum atomic E-state index is -0.613. The van der Waals surface area contributed by atoms with Crippen molar-refractivity contribution in [3.05, 3.63) is 60.1 Å². The first kappa shape index (κ1) is 17.2. The van der Waals surface area contributed by atoms with E-state index in [-0.39, 0.29) is 17.6 Å². The highest BCUT2D eigenvalue weighted by Crippen LogP contribution is 2.09. The summed E-state index contributed by atoms with van der Waals surface area (Å²) in [6, 6.07) is 12.4. The Morgan fingerprint density at radius 3 is 2.72 bits per heavy atom. The molecular weight excluding hydrogens is 318 g/mol. The van der Waals surface area contributed by atoms with Crippen molar-refractivity contribution in [1.82, 2.24) is 15.5 Å². The van der Waals surface area contributed by atoms with Gasteiger partial charge in [-0.05, 0) is 30.7 Å². The van der Waals surface area contributed by atoms with Crippen molar-refractivity contribution in [2.45, 2.75) is 18.9 Å². The molecule has 2 amide bonds. The van der Waals surface area contributed by atoms with Crippen molar-refractivity contribution < 1.29 is 14.0 Å². The maximum Gasteiger partial charge on any atom is 0.287 e. The van der Waals surface area contributed by atoms with Crippen LogP contribution < -0.4 is 10.6 Å². The maximum absolute atomic E-state index is 13.0. The molecule has 6 nitrogen and oxygen atoms in total. The van der Waals surface area contributed by atoms with E-state index in [9.17, 15) is 9.59 Å². The van der Waals surface area contributed by atoms with Crippen LogP contribution in [0.3, 0.4) is 0 Å². The van der Waals surface area contributed by atoms with Crippen molar-refractivity contribution in [2.24, 2.45) is 0 Å². The van der Waals surface area contributed by atoms with Gasteiger partial charge in [-0.25, -0.2) is 0 Å². The predicted molar refractivity (Wildman–Crippen MR) is 94.2 cm³/mol. The van der Waals surface area contributed by atoms with E-state index in [2.05, 4.69) is 10.6 Å². The Kier molecular flexibility index (Phi) is 5.85. The lowest BCUT2D eigenvalue weighted by Gasteiger charge is -2.26. The van der Waals surface area contributed by atoms with Gasteiger partial charge in [-0.2, -0.15) is 0 Å². The fourth-order valence-corrected chi connectivity index (χ4v) is 2.97. The fraction of sp³-hybridized carbons (Fsp3) is 0.368. The number of amides is 2. The number of nitrogens with one attached hydrogen (secondary N) is 2. The van der Waals surface area contributed by atoms with Crippen molar-refractivity contribution >= 4 is 11.8 Å². The Balaban J connectivity index is 1.75. The molecule has 0 spiro atoms. The molecule has 0 radical (unpaired) electrons. The number of hydrogen-bond acceptors (Lipinski definition) is 4. The van der Waals surface area contributed by atoms with Gasteiger partial charge in [0.05, 0.1) is 6.26 Å². The van der Waals surface area contributed by atoms with Crippen molar-refractivity contribution in [1.29, 1.82) is 0 Å². The molecule has 2 N–H and O–H groups in total.